The quantitative estimate of drug-likeness (QED) is 0.829. The lowest BCUT2D eigenvalue weighted by Crippen LogP contribution is -1.91. The molecule has 1 heterocycles. The van der Waals surface area contributed by atoms with Crippen LogP contribution < -0.4 is 4.74 Å². The number of rotatable bonds is 2. The Balaban J connectivity index is 2.80. The van der Waals surface area contributed by atoms with Gasteiger partial charge in [-0.15, -0.1) is 0 Å². The maximum Gasteiger partial charge on any atom is 0.145 e. The molecule has 0 aliphatic rings. The molecule has 0 amide bonds. The van der Waals surface area contributed by atoms with Crippen molar-refractivity contribution in [2.45, 2.75) is 13.3 Å². The number of fused-ring (bicyclic) bond motifs is 1. The van der Waals surface area contributed by atoms with Gasteiger partial charge in [0.15, 0.2) is 0 Å². The molecule has 0 unspecified atom stereocenters. The van der Waals surface area contributed by atoms with E-state index in [4.69, 9.17) is 4.74 Å². The zero-order valence-electron chi connectivity index (χ0n) is 8.75. The van der Waals surface area contributed by atoms with Crippen molar-refractivity contribution < 1.29 is 4.74 Å². The minimum atomic E-state index is 0.839. The van der Waals surface area contributed by atoms with Crippen molar-refractivity contribution in [2.24, 2.45) is 0 Å². The van der Waals surface area contributed by atoms with E-state index < -0.39 is 0 Å². The van der Waals surface area contributed by atoms with Crippen molar-refractivity contribution in [1.82, 2.24) is 4.98 Å². The van der Waals surface area contributed by atoms with Gasteiger partial charge in [-0.25, -0.2) is 0 Å². The molecule has 2 nitrogen and oxygen atoms in total. The summed E-state index contributed by atoms with van der Waals surface area (Å²) >= 11 is 3.53. The molecule has 0 aliphatic carbocycles. The number of nitrogens with zero attached hydrogens (tertiary/aromatic N) is 1. The van der Waals surface area contributed by atoms with Crippen LogP contribution in [0.3, 0.4) is 0 Å². The Morgan fingerprint density at radius 3 is 2.87 bits per heavy atom. The van der Waals surface area contributed by atoms with Crippen LogP contribution in [0.4, 0.5) is 0 Å². The molecular formula is C12H12BrNO. The number of hydrogen-bond donors (Lipinski definition) is 0. The summed E-state index contributed by atoms with van der Waals surface area (Å²) in [4.78, 5) is 4.33. The highest BCUT2D eigenvalue weighted by Gasteiger charge is 2.07. The highest BCUT2D eigenvalue weighted by molar-refractivity contribution is 9.10. The Kier molecular flexibility index (Phi) is 2.91. The van der Waals surface area contributed by atoms with Crippen molar-refractivity contribution >= 4 is 26.8 Å². The van der Waals surface area contributed by atoms with E-state index in [1.54, 1.807) is 13.3 Å². The number of aryl methyl sites for hydroxylation is 1. The topological polar surface area (TPSA) is 22.1 Å². The fraction of sp³-hybridized carbons (Fsp3) is 0.250. The van der Waals surface area contributed by atoms with Crippen LogP contribution in [0.15, 0.2) is 28.9 Å². The molecule has 0 bridgehead atoms. The minimum absolute atomic E-state index is 0.839. The predicted molar refractivity (Wildman–Crippen MR) is 65.4 cm³/mol. The SMILES string of the molecule is CCc1cc(OC)c2nccc(Br)c2c1. The Bertz CT molecular complexity index is 496. The molecule has 1 aromatic carbocycles. The zero-order chi connectivity index (χ0) is 10.8. The van der Waals surface area contributed by atoms with E-state index in [-0.39, 0.29) is 0 Å². The van der Waals surface area contributed by atoms with E-state index in [9.17, 15) is 0 Å². The summed E-state index contributed by atoms with van der Waals surface area (Å²) in [5.41, 5.74) is 2.16. The maximum atomic E-state index is 5.34. The first-order chi connectivity index (χ1) is 7.26. The summed E-state index contributed by atoms with van der Waals surface area (Å²) in [6.07, 6.45) is 2.77. The zero-order valence-corrected chi connectivity index (χ0v) is 10.3. The standard InChI is InChI=1S/C12H12BrNO/c1-3-8-6-9-10(13)4-5-14-12(9)11(7-8)15-2/h4-7H,3H2,1-2H3. The van der Waals surface area contributed by atoms with Gasteiger partial charge in [0.05, 0.1) is 7.11 Å². The molecule has 0 N–H and O–H groups in total. The van der Waals surface area contributed by atoms with Crippen molar-refractivity contribution in [1.29, 1.82) is 0 Å². The van der Waals surface area contributed by atoms with Gasteiger partial charge in [0.25, 0.3) is 0 Å². The third kappa shape index (κ3) is 1.84. The minimum Gasteiger partial charge on any atom is -0.494 e. The van der Waals surface area contributed by atoms with E-state index >= 15 is 0 Å². The molecule has 0 spiro atoms. The summed E-state index contributed by atoms with van der Waals surface area (Å²) in [5, 5.41) is 1.11. The number of benzene rings is 1. The first-order valence-electron chi connectivity index (χ1n) is 4.87. The van der Waals surface area contributed by atoms with Gasteiger partial charge in [-0.1, -0.05) is 22.9 Å². The van der Waals surface area contributed by atoms with Gasteiger partial charge in [-0.3, -0.25) is 4.98 Å². The van der Waals surface area contributed by atoms with Crippen molar-refractivity contribution in [3.8, 4) is 5.75 Å². The number of halogens is 1. The van der Waals surface area contributed by atoms with E-state index in [0.29, 0.717) is 0 Å². The van der Waals surface area contributed by atoms with Crippen LogP contribution in [-0.4, -0.2) is 12.1 Å². The van der Waals surface area contributed by atoms with Crippen LogP contribution in [0.2, 0.25) is 0 Å². The van der Waals surface area contributed by atoms with E-state index in [0.717, 1.165) is 27.5 Å². The molecular weight excluding hydrogens is 254 g/mol. The first-order valence-corrected chi connectivity index (χ1v) is 5.66. The largest absolute Gasteiger partial charge is 0.494 e. The van der Waals surface area contributed by atoms with Crippen LogP contribution in [0.5, 0.6) is 5.75 Å². The molecule has 0 atom stereocenters. The van der Waals surface area contributed by atoms with Gasteiger partial charge < -0.3 is 4.74 Å². The summed E-state index contributed by atoms with van der Waals surface area (Å²) in [5.74, 6) is 0.839. The van der Waals surface area contributed by atoms with Crippen LogP contribution in [0.1, 0.15) is 12.5 Å². The third-order valence-electron chi connectivity index (χ3n) is 2.44. The van der Waals surface area contributed by atoms with E-state index in [2.05, 4.69) is 33.9 Å². The smallest absolute Gasteiger partial charge is 0.145 e. The van der Waals surface area contributed by atoms with E-state index in [1.165, 1.54) is 5.56 Å². The van der Waals surface area contributed by atoms with Crippen LogP contribution in [0.25, 0.3) is 10.9 Å². The normalized spacial score (nSPS) is 10.6. The Hall–Kier alpha value is -1.09. The van der Waals surface area contributed by atoms with Gasteiger partial charge in [0, 0.05) is 16.1 Å². The molecule has 2 rings (SSSR count). The second kappa shape index (κ2) is 4.19. The van der Waals surface area contributed by atoms with Gasteiger partial charge in [-0.2, -0.15) is 0 Å². The molecule has 0 radical (unpaired) electrons. The molecule has 1 aromatic heterocycles. The molecule has 15 heavy (non-hydrogen) atoms. The molecule has 2 aromatic rings. The van der Waals surface area contributed by atoms with Gasteiger partial charge in [0.1, 0.15) is 11.3 Å². The number of hydrogen-bond acceptors (Lipinski definition) is 2. The monoisotopic (exact) mass is 265 g/mol. The van der Waals surface area contributed by atoms with Crippen LogP contribution in [-0.2, 0) is 6.42 Å². The molecule has 0 saturated heterocycles. The predicted octanol–water partition coefficient (Wildman–Crippen LogP) is 3.57. The highest BCUT2D eigenvalue weighted by atomic mass is 79.9. The Labute approximate surface area is 97.4 Å². The van der Waals surface area contributed by atoms with Gasteiger partial charge in [0.2, 0.25) is 0 Å². The lowest BCUT2D eigenvalue weighted by atomic mass is 10.1. The number of pyridine rings is 1. The maximum absolute atomic E-state index is 5.34. The number of aromatic nitrogens is 1. The highest BCUT2D eigenvalue weighted by Crippen LogP contribution is 2.30. The molecule has 0 saturated carbocycles. The lowest BCUT2D eigenvalue weighted by Gasteiger charge is -2.08. The second-order valence-electron chi connectivity index (χ2n) is 3.34. The summed E-state index contributed by atoms with van der Waals surface area (Å²) in [6.45, 7) is 2.13. The van der Waals surface area contributed by atoms with Gasteiger partial charge >= 0.3 is 0 Å². The van der Waals surface area contributed by atoms with Crippen molar-refractivity contribution in [3.05, 3.63) is 34.4 Å². The van der Waals surface area contributed by atoms with Crippen LogP contribution in [0, 0.1) is 0 Å². The fourth-order valence-electron chi connectivity index (χ4n) is 1.61. The lowest BCUT2D eigenvalue weighted by molar-refractivity contribution is 0.418. The summed E-state index contributed by atoms with van der Waals surface area (Å²) < 4.78 is 6.40. The van der Waals surface area contributed by atoms with E-state index in [1.807, 2.05) is 12.1 Å². The number of ether oxygens (including phenoxy) is 1. The van der Waals surface area contributed by atoms with Crippen LogP contribution >= 0.6 is 15.9 Å². The van der Waals surface area contributed by atoms with Crippen molar-refractivity contribution in [3.63, 3.8) is 0 Å². The first kappa shape index (κ1) is 10.4. The average molecular weight is 266 g/mol. The molecule has 0 aliphatic heterocycles. The molecule has 78 valence electrons. The summed E-state index contributed by atoms with van der Waals surface area (Å²) in [7, 11) is 1.68. The third-order valence-corrected chi connectivity index (χ3v) is 3.14. The summed E-state index contributed by atoms with van der Waals surface area (Å²) in [6, 6.07) is 6.14. The molecule has 3 heteroatoms. The van der Waals surface area contributed by atoms with Gasteiger partial charge in [-0.05, 0) is 30.2 Å². The average Bonchev–Trinajstić information content (AvgIpc) is 2.28. The Morgan fingerprint density at radius 1 is 1.40 bits per heavy atom. The second-order valence-corrected chi connectivity index (χ2v) is 4.19. The Morgan fingerprint density at radius 2 is 2.20 bits per heavy atom. The fourth-order valence-corrected chi connectivity index (χ4v) is 2.03. The number of methoxy groups -OCH3 is 1. The van der Waals surface area contributed by atoms with Crippen molar-refractivity contribution in [2.75, 3.05) is 7.11 Å². The molecule has 0 fully saturated rings.